The Hall–Kier alpha value is -0.680. The van der Waals surface area contributed by atoms with Crippen LogP contribution in [0, 0.1) is 17.6 Å². The molecule has 0 aliphatic heterocycles. The van der Waals surface area contributed by atoms with E-state index in [4.69, 9.17) is 20.9 Å². The van der Waals surface area contributed by atoms with Crippen molar-refractivity contribution in [3.05, 3.63) is 29.3 Å². The number of hydrogen-bond acceptors (Lipinski definition) is 3. The first-order chi connectivity index (χ1) is 14.9. The van der Waals surface area contributed by atoms with Gasteiger partial charge in [0.05, 0.1) is 19.4 Å². The molecule has 1 saturated carbocycles. The summed E-state index contributed by atoms with van der Waals surface area (Å²) in [5.41, 5.74) is 0.461. The number of halogens is 3. The highest BCUT2D eigenvalue weighted by atomic mass is 35.5. The molecule has 0 amide bonds. The standard InChI is InChI=1S/C23H36ClF2O4P/c1-2-3-4-7-18-8-10-19(11-9-18)20-12-13-21(23(26)22(20)25)29-15-5-6-16-30-31(27,28)17-14-24/h12-13,18-19H,2-11,14-17H2,1H3,(H,27,28). The second kappa shape index (κ2) is 13.8. The number of unbranched alkanes of at least 4 members (excludes halogenated alkanes) is 3. The van der Waals surface area contributed by atoms with Gasteiger partial charge in [-0.25, -0.2) is 4.39 Å². The second-order valence-electron chi connectivity index (χ2n) is 8.43. The summed E-state index contributed by atoms with van der Waals surface area (Å²) in [6.45, 7) is 2.47. The van der Waals surface area contributed by atoms with Crippen molar-refractivity contribution < 1.29 is 27.5 Å². The molecule has 1 aromatic rings. The zero-order valence-electron chi connectivity index (χ0n) is 18.5. The summed E-state index contributed by atoms with van der Waals surface area (Å²) in [5.74, 6) is -0.969. The Labute approximate surface area is 190 Å². The second-order valence-corrected chi connectivity index (χ2v) is 10.8. The zero-order valence-corrected chi connectivity index (χ0v) is 20.1. The molecule has 0 saturated heterocycles. The van der Waals surface area contributed by atoms with Crippen molar-refractivity contribution in [3.63, 3.8) is 0 Å². The lowest BCUT2D eigenvalue weighted by atomic mass is 9.77. The predicted molar refractivity (Wildman–Crippen MR) is 121 cm³/mol. The largest absolute Gasteiger partial charge is 0.490 e. The van der Waals surface area contributed by atoms with E-state index in [1.54, 1.807) is 6.07 Å². The molecule has 178 valence electrons. The highest BCUT2D eigenvalue weighted by molar-refractivity contribution is 7.52. The zero-order chi connectivity index (χ0) is 22.7. The van der Waals surface area contributed by atoms with Crippen LogP contribution in [0.3, 0.4) is 0 Å². The molecule has 8 heteroatoms. The molecule has 31 heavy (non-hydrogen) atoms. The fourth-order valence-electron chi connectivity index (χ4n) is 4.18. The molecule has 0 radical (unpaired) electrons. The summed E-state index contributed by atoms with van der Waals surface area (Å²) >= 11 is 5.44. The average molecular weight is 481 g/mol. The van der Waals surface area contributed by atoms with Crippen LogP contribution in [0.25, 0.3) is 0 Å². The van der Waals surface area contributed by atoms with E-state index < -0.39 is 19.2 Å². The van der Waals surface area contributed by atoms with Gasteiger partial charge in [0.2, 0.25) is 5.82 Å². The van der Waals surface area contributed by atoms with Gasteiger partial charge < -0.3 is 14.2 Å². The summed E-state index contributed by atoms with van der Waals surface area (Å²) in [5, 5.41) is 0. The lowest BCUT2D eigenvalue weighted by Gasteiger charge is -2.29. The molecule has 1 aliphatic rings. The average Bonchev–Trinajstić information content (AvgIpc) is 2.74. The van der Waals surface area contributed by atoms with Gasteiger partial charge in [0, 0.05) is 5.88 Å². The van der Waals surface area contributed by atoms with Crippen LogP contribution >= 0.6 is 19.2 Å². The third kappa shape index (κ3) is 9.00. The van der Waals surface area contributed by atoms with Crippen LogP contribution in [-0.2, 0) is 9.09 Å². The smallest absolute Gasteiger partial charge is 0.329 e. The predicted octanol–water partition coefficient (Wildman–Crippen LogP) is 7.42. The molecular weight excluding hydrogens is 445 g/mol. The Morgan fingerprint density at radius 2 is 1.77 bits per heavy atom. The Morgan fingerprint density at radius 1 is 1.06 bits per heavy atom. The van der Waals surface area contributed by atoms with Crippen molar-refractivity contribution in [1.82, 2.24) is 0 Å². The van der Waals surface area contributed by atoms with E-state index in [9.17, 15) is 18.2 Å². The molecule has 4 nitrogen and oxygen atoms in total. The molecular formula is C23H36ClF2O4P. The van der Waals surface area contributed by atoms with E-state index in [1.165, 1.54) is 31.7 Å². The van der Waals surface area contributed by atoms with Crippen LogP contribution in [0.15, 0.2) is 12.1 Å². The van der Waals surface area contributed by atoms with Gasteiger partial charge >= 0.3 is 7.60 Å². The SMILES string of the molecule is CCCCCC1CCC(c2ccc(OCCCCOP(=O)(O)CCCl)c(F)c2F)CC1. The van der Waals surface area contributed by atoms with Crippen molar-refractivity contribution in [3.8, 4) is 5.75 Å². The minimum atomic E-state index is -3.63. The monoisotopic (exact) mass is 480 g/mol. The van der Waals surface area contributed by atoms with Gasteiger partial charge in [-0.15, -0.1) is 11.6 Å². The normalized spacial score (nSPS) is 21.1. The molecule has 1 unspecified atom stereocenters. The summed E-state index contributed by atoms with van der Waals surface area (Å²) in [4.78, 5) is 9.44. The maximum Gasteiger partial charge on any atom is 0.329 e. The van der Waals surface area contributed by atoms with Crippen LogP contribution < -0.4 is 4.74 Å². The number of alkyl halides is 1. The topological polar surface area (TPSA) is 55.8 Å². The van der Waals surface area contributed by atoms with E-state index in [2.05, 4.69) is 6.92 Å². The lowest BCUT2D eigenvalue weighted by molar-refractivity contribution is 0.234. The molecule has 1 N–H and O–H groups in total. The van der Waals surface area contributed by atoms with Crippen LogP contribution in [0.1, 0.15) is 82.6 Å². The quantitative estimate of drug-likeness (QED) is 0.171. The van der Waals surface area contributed by atoms with Gasteiger partial charge in [-0.3, -0.25) is 4.57 Å². The van der Waals surface area contributed by atoms with Gasteiger partial charge in [0.25, 0.3) is 0 Å². The molecule has 0 bridgehead atoms. The highest BCUT2D eigenvalue weighted by Gasteiger charge is 2.26. The van der Waals surface area contributed by atoms with Crippen LogP contribution in [-0.4, -0.2) is 30.1 Å². The summed E-state index contributed by atoms with van der Waals surface area (Å²) in [6, 6.07) is 3.17. The molecule has 1 aliphatic carbocycles. The Morgan fingerprint density at radius 3 is 2.45 bits per heavy atom. The number of benzene rings is 1. The van der Waals surface area contributed by atoms with E-state index in [0.717, 1.165) is 31.6 Å². The van der Waals surface area contributed by atoms with Gasteiger partial charge in [-0.05, 0) is 62.0 Å². The minimum absolute atomic E-state index is 0.0537. The first-order valence-electron chi connectivity index (χ1n) is 11.5. The molecule has 0 spiro atoms. The van der Waals surface area contributed by atoms with Crippen LogP contribution in [0.2, 0.25) is 0 Å². The lowest BCUT2D eigenvalue weighted by Crippen LogP contribution is -2.15. The maximum atomic E-state index is 14.7. The van der Waals surface area contributed by atoms with Gasteiger partial charge in [0.1, 0.15) is 0 Å². The van der Waals surface area contributed by atoms with Crippen molar-refractivity contribution in [2.45, 2.75) is 77.0 Å². The number of hydrogen-bond donors (Lipinski definition) is 1. The third-order valence-electron chi connectivity index (χ3n) is 6.04. The van der Waals surface area contributed by atoms with Crippen molar-refractivity contribution in [1.29, 1.82) is 0 Å². The van der Waals surface area contributed by atoms with E-state index in [-0.39, 0.29) is 36.9 Å². The molecule has 1 fully saturated rings. The summed E-state index contributed by atoms with van der Waals surface area (Å²) in [6.07, 6.45) is 9.86. The first kappa shape index (κ1) is 26.6. The van der Waals surface area contributed by atoms with E-state index in [1.807, 2.05) is 0 Å². The van der Waals surface area contributed by atoms with Crippen LogP contribution in [0.5, 0.6) is 5.75 Å². The van der Waals surface area contributed by atoms with Crippen LogP contribution in [0.4, 0.5) is 8.78 Å². The molecule has 0 heterocycles. The highest BCUT2D eigenvalue weighted by Crippen LogP contribution is 2.42. The molecule has 0 aromatic heterocycles. The van der Waals surface area contributed by atoms with Gasteiger partial charge in [0.15, 0.2) is 11.6 Å². The van der Waals surface area contributed by atoms with Crippen molar-refractivity contribution >= 4 is 19.2 Å². The fourth-order valence-corrected chi connectivity index (χ4v) is 5.58. The Balaban J connectivity index is 1.76. The summed E-state index contributed by atoms with van der Waals surface area (Å²) in [7, 11) is -3.63. The number of rotatable bonds is 14. The Kier molecular flexibility index (Phi) is 11.8. The maximum absolute atomic E-state index is 14.7. The summed E-state index contributed by atoms with van der Waals surface area (Å²) < 4.78 is 51.0. The molecule has 2 rings (SSSR count). The van der Waals surface area contributed by atoms with Gasteiger partial charge in [-0.1, -0.05) is 38.7 Å². The minimum Gasteiger partial charge on any atom is -0.490 e. The number of ether oxygens (including phenoxy) is 1. The van der Waals surface area contributed by atoms with E-state index in [0.29, 0.717) is 18.4 Å². The van der Waals surface area contributed by atoms with Crippen molar-refractivity contribution in [2.24, 2.45) is 5.92 Å². The van der Waals surface area contributed by atoms with Gasteiger partial charge in [-0.2, -0.15) is 4.39 Å². The first-order valence-corrected chi connectivity index (χ1v) is 13.8. The van der Waals surface area contributed by atoms with Crippen molar-refractivity contribution in [2.75, 3.05) is 25.3 Å². The Bertz CT molecular complexity index is 711. The molecule has 1 aromatic carbocycles. The third-order valence-corrected chi connectivity index (χ3v) is 7.86. The van der Waals surface area contributed by atoms with E-state index >= 15 is 0 Å². The molecule has 1 atom stereocenters. The fraction of sp³-hybridized carbons (Fsp3) is 0.739.